The minimum absolute atomic E-state index is 0.149. The number of fused-ring (bicyclic) bond motifs is 1. The van der Waals surface area contributed by atoms with Gasteiger partial charge in [0.05, 0.1) is 16.5 Å². The highest BCUT2D eigenvalue weighted by molar-refractivity contribution is 9.10. The fraction of sp³-hybridized carbons (Fsp3) is 0. The van der Waals surface area contributed by atoms with Crippen LogP contribution in [0.15, 0.2) is 27.6 Å². The molecule has 8 heteroatoms. The summed E-state index contributed by atoms with van der Waals surface area (Å²) in [6.07, 6.45) is 1.37. The number of hydrogen-bond donors (Lipinski definition) is 2. The molecule has 18 heavy (non-hydrogen) atoms. The van der Waals surface area contributed by atoms with Gasteiger partial charge in [-0.05, 0) is 17.3 Å². The van der Waals surface area contributed by atoms with Crippen LogP contribution in [-0.2, 0) is 0 Å². The van der Waals surface area contributed by atoms with Crippen molar-refractivity contribution in [1.82, 2.24) is 25.6 Å². The number of benzene rings is 1. The highest BCUT2D eigenvalue weighted by atomic mass is 79.9. The maximum absolute atomic E-state index is 13.7. The number of H-pyrrole nitrogens is 2. The molecular weight excluding hydrogens is 305 g/mol. The molecule has 2 N–H and O–H groups in total. The Labute approximate surface area is 107 Å². The van der Waals surface area contributed by atoms with E-state index in [1.54, 1.807) is 6.07 Å². The second-order valence-electron chi connectivity index (χ2n) is 3.58. The van der Waals surface area contributed by atoms with Gasteiger partial charge >= 0.3 is 0 Å². The quantitative estimate of drug-likeness (QED) is 0.715. The molecule has 0 aliphatic rings. The number of pyridine rings is 1. The molecule has 0 atom stereocenters. The van der Waals surface area contributed by atoms with Gasteiger partial charge in [-0.25, -0.2) is 4.39 Å². The number of hydrogen-bond acceptors (Lipinski definition) is 4. The summed E-state index contributed by atoms with van der Waals surface area (Å²) < 4.78 is 14.1. The Morgan fingerprint density at radius 1 is 1.33 bits per heavy atom. The summed E-state index contributed by atoms with van der Waals surface area (Å²) in [7, 11) is 0. The van der Waals surface area contributed by atoms with E-state index in [4.69, 9.17) is 0 Å². The van der Waals surface area contributed by atoms with Crippen LogP contribution in [-0.4, -0.2) is 25.6 Å². The smallest absolute Gasteiger partial charge is 0.210 e. The summed E-state index contributed by atoms with van der Waals surface area (Å²) in [5.74, 6) is -0.338. The molecule has 1 aromatic carbocycles. The van der Waals surface area contributed by atoms with Crippen molar-refractivity contribution >= 4 is 26.8 Å². The number of nitrogens with one attached hydrogen (secondary N) is 2. The minimum Gasteiger partial charge on any atom is -0.358 e. The highest BCUT2D eigenvalue weighted by Gasteiger charge is 2.13. The lowest BCUT2D eigenvalue weighted by atomic mass is 10.1. The highest BCUT2D eigenvalue weighted by Crippen LogP contribution is 2.21. The molecule has 0 fully saturated rings. The lowest BCUT2D eigenvalue weighted by Gasteiger charge is -2.02. The van der Waals surface area contributed by atoms with Crippen LogP contribution in [0.1, 0.15) is 0 Å². The fourth-order valence-electron chi connectivity index (χ4n) is 1.70. The second-order valence-corrected chi connectivity index (χ2v) is 4.49. The van der Waals surface area contributed by atoms with Crippen molar-refractivity contribution in [3.8, 4) is 11.4 Å². The van der Waals surface area contributed by atoms with Gasteiger partial charge in [0.2, 0.25) is 11.3 Å². The summed E-state index contributed by atoms with van der Waals surface area (Å²) in [4.78, 5) is 14.9. The molecule has 0 bridgehead atoms. The lowest BCUT2D eigenvalue weighted by molar-refractivity contribution is 0.636. The van der Waals surface area contributed by atoms with Crippen molar-refractivity contribution in [3.63, 3.8) is 0 Å². The average Bonchev–Trinajstić information content (AvgIpc) is 2.84. The van der Waals surface area contributed by atoms with Crippen molar-refractivity contribution < 1.29 is 4.39 Å². The zero-order valence-corrected chi connectivity index (χ0v) is 10.3. The normalized spacial score (nSPS) is 11.0. The van der Waals surface area contributed by atoms with Gasteiger partial charge in [0.25, 0.3) is 0 Å². The first-order chi connectivity index (χ1) is 8.66. The Kier molecular flexibility index (Phi) is 2.44. The van der Waals surface area contributed by atoms with Crippen molar-refractivity contribution in [3.05, 3.63) is 38.8 Å². The number of nitrogens with zero attached hydrogens (tertiary/aromatic N) is 3. The van der Waals surface area contributed by atoms with Gasteiger partial charge < -0.3 is 4.98 Å². The van der Waals surface area contributed by atoms with Crippen molar-refractivity contribution in [2.24, 2.45) is 0 Å². The first-order valence-corrected chi connectivity index (χ1v) is 5.70. The standard InChI is InChI=1S/C10H5BrFN5O/c11-4-1-5-8(7(12)2-4)13-3-6(9(5)18)10-14-16-17-15-10/h1-3H,(H,13,18)(H,14,15,16,17). The van der Waals surface area contributed by atoms with Crippen LogP contribution in [0, 0.1) is 5.82 Å². The first kappa shape index (κ1) is 11.0. The third-order valence-corrected chi connectivity index (χ3v) is 2.95. The summed E-state index contributed by atoms with van der Waals surface area (Å²) in [6.45, 7) is 0. The summed E-state index contributed by atoms with van der Waals surface area (Å²) in [5.41, 5.74) is 0.0227. The fourth-order valence-corrected chi connectivity index (χ4v) is 2.13. The molecule has 90 valence electrons. The number of halogens is 2. The Hall–Kier alpha value is -2.09. The summed E-state index contributed by atoms with van der Waals surface area (Å²) >= 11 is 3.15. The van der Waals surface area contributed by atoms with E-state index in [-0.39, 0.29) is 27.7 Å². The third kappa shape index (κ3) is 1.61. The topological polar surface area (TPSA) is 87.3 Å². The minimum atomic E-state index is -0.504. The zero-order valence-electron chi connectivity index (χ0n) is 8.74. The Morgan fingerprint density at radius 3 is 2.89 bits per heavy atom. The van der Waals surface area contributed by atoms with E-state index >= 15 is 0 Å². The molecule has 0 saturated carbocycles. The Balaban J connectivity index is 2.40. The van der Waals surface area contributed by atoms with Gasteiger partial charge in [0.15, 0.2) is 0 Å². The number of tetrazole rings is 1. The van der Waals surface area contributed by atoms with Gasteiger partial charge in [0, 0.05) is 10.7 Å². The summed E-state index contributed by atoms with van der Waals surface area (Å²) in [5, 5.41) is 13.3. The van der Waals surface area contributed by atoms with Gasteiger partial charge in [-0.15, -0.1) is 10.2 Å². The van der Waals surface area contributed by atoms with Crippen LogP contribution in [0.4, 0.5) is 4.39 Å². The molecular formula is C10H5BrFN5O. The molecule has 2 aromatic heterocycles. The van der Waals surface area contributed by atoms with E-state index in [0.717, 1.165) is 0 Å². The summed E-state index contributed by atoms with van der Waals surface area (Å²) in [6, 6.07) is 2.83. The first-order valence-electron chi connectivity index (χ1n) is 4.91. The molecule has 0 saturated heterocycles. The predicted molar refractivity (Wildman–Crippen MR) is 65.4 cm³/mol. The molecule has 0 aliphatic carbocycles. The van der Waals surface area contributed by atoms with Crippen LogP contribution in [0.3, 0.4) is 0 Å². The predicted octanol–water partition coefficient (Wildman–Crippen LogP) is 1.61. The maximum Gasteiger partial charge on any atom is 0.210 e. The maximum atomic E-state index is 13.7. The van der Waals surface area contributed by atoms with E-state index in [9.17, 15) is 9.18 Å². The second kappa shape index (κ2) is 3.98. The van der Waals surface area contributed by atoms with Gasteiger partial charge in [0.1, 0.15) is 5.82 Å². The molecule has 2 heterocycles. The van der Waals surface area contributed by atoms with Gasteiger partial charge in [-0.2, -0.15) is 5.21 Å². The van der Waals surface area contributed by atoms with E-state index in [2.05, 4.69) is 41.5 Å². The largest absolute Gasteiger partial charge is 0.358 e. The average molecular weight is 310 g/mol. The van der Waals surface area contributed by atoms with E-state index in [1.165, 1.54) is 12.3 Å². The van der Waals surface area contributed by atoms with Crippen LogP contribution >= 0.6 is 15.9 Å². The van der Waals surface area contributed by atoms with Crippen LogP contribution in [0.25, 0.3) is 22.3 Å². The van der Waals surface area contributed by atoms with Gasteiger partial charge in [-0.3, -0.25) is 4.79 Å². The molecule has 3 aromatic rings. The number of aromatic amines is 2. The zero-order chi connectivity index (χ0) is 12.7. The van der Waals surface area contributed by atoms with Crippen molar-refractivity contribution in [2.75, 3.05) is 0 Å². The van der Waals surface area contributed by atoms with Crippen molar-refractivity contribution in [2.45, 2.75) is 0 Å². The van der Waals surface area contributed by atoms with Crippen LogP contribution in [0.2, 0.25) is 0 Å². The van der Waals surface area contributed by atoms with Crippen LogP contribution in [0.5, 0.6) is 0 Å². The van der Waals surface area contributed by atoms with E-state index in [0.29, 0.717) is 4.47 Å². The van der Waals surface area contributed by atoms with Crippen LogP contribution < -0.4 is 5.43 Å². The van der Waals surface area contributed by atoms with Gasteiger partial charge in [-0.1, -0.05) is 15.9 Å². The monoisotopic (exact) mass is 309 g/mol. The number of rotatable bonds is 1. The molecule has 0 spiro atoms. The molecule has 0 amide bonds. The molecule has 3 rings (SSSR count). The van der Waals surface area contributed by atoms with E-state index in [1.807, 2.05) is 0 Å². The molecule has 0 unspecified atom stereocenters. The van der Waals surface area contributed by atoms with Crippen molar-refractivity contribution in [1.29, 1.82) is 0 Å². The Bertz CT molecular complexity index is 783. The number of aromatic nitrogens is 5. The SMILES string of the molecule is O=c1c(-c2nn[nH]n2)c[nH]c2c(F)cc(Br)cc12. The van der Waals surface area contributed by atoms with E-state index < -0.39 is 5.82 Å². The molecule has 6 nitrogen and oxygen atoms in total. The Morgan fingerprint density at radius 2 is 2.17 bits per heavy atom. The molecule has 0 radical (unpaired) electrons. The third-order valence-electron chi connectivity index (χ3n) is 2.49. The lowest BCUT2D eigenvalue weighted by Crippen LogP contribution is -2.08. The molecule has 0 aliphatic heterocycles.